The minimum absolute atomic E-state index is 0.180. The second-order valence-electron chi connectivity index (χ2n) is 7.40. The number of rotatable bonds is 9. The number of thioether (sulfide) groups is 1. The lowest BCUT2D eigenvalue weighted by molar-refractivity contribution is 0.0953. The Morgan fingerprint density at radius 2 is 2.09 bits per heavy atom. The van der Waals surface area contributed by atoms with Crippen molar-refractivity contribution in [3.8, 4) is 33.6 Å². The van der Waals surface area contributed by atoms with Gasteiger partial charge in [-0.2, -0.15) is 4.98 Å². The molecule has 5 rings (SSSR count). The maximum atomic E-state index is 5.86. The molecule has 1 aliphatic rings. The summed E-state index contributed by atoms with van der Waals surface area (Å²) in [5.74, 6) is 3.60. The molecule has 0 amide bonds. The van der Waals surface area contributed by atoms with Crippen molar-refractivity contribution in [3.63, 3.8) is 0 Å². The van der Waals surface area contributed by atoms with Crippen LogP contribution in [0.3, 0.4) is 0 Å². The van der Waals surface area contributed by atoms with Crippen molar-refractivity contribution in [3.05, 3.63) is 41.6 Å². The van der Waals surface area contributed by atoms with Crippen LogP contribution in [0.15, 0.2) is 45.4 Å². The highest BCUT2D eigenvalue weighted by Crippen LogP contribution is 2.33. The molecule has 0 radical (unpaired) electrons. The number of aromatic nitrogens is 5. The second kappa shape index (κ2) is 9.94. The highest BCUT2D eigenvalue weighted by atomic mass is 32.2. The van der Waals surface area contributed by atoms with Gasteiger partial charge in [0.25, 0.3) is 0 Å². The van der Waals surface area contributed by atoms with Crippen molar-refractivity contribution in [1.82, 2.24) is 24.9 Å². The summed E-state index contributed by atoms with van der Waals surface area (Å²) in [5, 5.41) is 15.9. The molecule has 3 aromatic heterocycles. The van der Waals surface area contributed by atoms with Crippen molar-refractivity contribution in [2.45, 2.75) is 36.4 Å². The van der Waals surface area contributed by atoms with Crippen LogP contribution in [0.4, 0.5) is 0 Å². The van der Waals surface area contributed by atoms with E-state index in [0.717, 1.165) is 47.4 Å². The SMILES string of the molecule is COc1ccc(-c2noc(CSc3nnc(-c4cccs4)n3C[C@@H]3CCCO3)n2)cc1OC. The predicted octanol–water partition coefficient (Wildman–Crippen LogP) is 4.55. The fourth-order valence-electron chi connectivity index (χ4n) is 3.67. The highest BCUT2D eigenvalue weighted by Gasteiger charge is 2.23. The molecule has 11 heteroatoms. The Hall–Kier alpha value is -2.89. The molecule has 1 atom stereocenters. The zero-order valence-corrected chi connectivity index (χ0v) is 19.9. The fourth-order valence-corrected chi connectivity index (χ4v) is 5.17. The third kappa shape index (κ3) is 4.75. The summed E-state index contributed by atoms with van der Waals surface area (Å²) in [6, 6.07) is 9.59. The van der Waals surface area contributed by atoms with Crippen LogP contribution in [-0.4, -0.2) is 51.8 Å². The van der Waals surface area contributed by atoms with Gasteiger partial charge in [0.1, 0.15) is 0 Å². The number of methoxy groups -OCH3 is 2. The van der Waals surface area contributed by atoms with Crippen LogP contribution in [0, 0.1) is 0 Å². The van der Waals surface area contributed by atoms with Crippen LogP contribution < -0.4 is 9.47 Å². The first-order valence-electron chi connectivity index (χ1n) is 10.5. The van der Waals surface area contributed by atoms with Gasteiger partial charge in [0.15, 0.2) is 22.5 Å². The van der Waals surface area contributed by atoms with Gasteiger partial charge >= 0.3 is 0 Å². The van der Waals surface area contributed by atoms with Crippen molar-refractivity contribution >= 4 is 23.1 Å². The molecule has 0 N–H and O–H groups in total. The van der Waals surface area contributed by atoms with E-state index in [-0.39, 0.29) is 6.10 Å². The summed E-state index contributed by atoms with van der Waals surface area (Å²) in [6.07, 6.45) is 2.31. The Labute approximate surface area is 199 Å². The molecule has 33 heavy (non-hydrogen) atoms. The largest absolute Gasteiger partial charge is 0.493 e. The lowest BCUT2D eigenvalue weighted by Gasteiger charge is -2.13. The van der Waals surface area contributed by atoms with Gasteiger partial charge in [-0.15, -0.1) is 21.5 Å². The third-order valence-corrected chi connectivity index (χ3v) is 7.12. The lowest BCUT2D eigenvalue weighted by Crippen LogP contribution is -2.16. The van der Waals surface area contributed by atoms with E-state index in [2.05, 4.69) is 31.0 Å². The molecule has 0 bridgehead atoms. The Morgan fingerprint density at radius 1 is 1.18 bits per heavy atom. The average Bonchev–Trinajstić information content (AvgIpc) is 3.65. The number of ether oxygens (including phenoxy) is 3. The minimum atomic E-state index is 0.180. The molecule has 0 unspecified atom stereocenters. The first-order valence-corrected chi connectivity index (χ1v) is 12.4. The summed E-state index contributed by atoms with van der Waals surface area (Å²) in [4.78, 5) is 5.63. The van der Waals surface area contributed by atoms with Crippen molar-refractivity contribution < 1.29 is 18.7 Å². The van der Waals surface area contributed by atoms with E-state index in [9.17, 15) is 0 Å². The Kier molecular flexibility index (Phi) is 6.60. The number of hydrogen-bond acceptors (Lipinski definition) is 10. The van der Waals surface area contributed by atoms with Gasteiger partial charge in [0, 0.05) is 12.2 Å². The Morgan fingerprint density at radius 3 is 2.85 bits per heavy atom. The molecule has 4 heterocycles. The van der Waals surface area contributed by atoms with Crippen LogP contribution >= 0.6 is 23.1 Å². The predicted molar refractivity (Wildman–Crippen MR) is 125 cm³/mol. The van der Waals surface area contributed by atoms with Crippen LogP contribution in [0.25, 0.3) is 22.1 Å². The van der Waals surface area contributed by atoms with Crippen LogP contribution in [0.5, 0.6) is 11.5 Å². The van der Waals surface area contributed by atoms with E-state index in [0.29, 0.717) is 29.0 Å². The Balaban J connectivity index is 1.33. The van der Waals surface area contributed by atoms with Crippen LogP contribution in [-0.2, 0) is 17.0 Å². The van der Waals surface area contributed by atoms with E-state index in [1.165, 1.54) is 11.8 Å². The normalized spacial score (nSPS) is 15.8. The number of hydrogen-bond donors (Lipinski definition) is 0. The zero-order chi connectivity index (χ0) is 22.6. The molecule has 4 aromatic rings. The minimum Gasteiger partial charge on any atom is -0.493 e. The number of benzene rings is 1. The topological polar surface area (TPSA) is 97.3 Å². The van der Waals surface area contributed by atoms with E-state index < -0.39 is 0 Å². The second-order valence-corrected chi connectivity index (χ2v) is 9.29. The summed E-state index contributed by atoms with van der Waals surface area (Å²) in [6.45, 7) is 1.54. The molecule has 1 fully saturated rings. The van der Waals surface area contributed by atoms with Crippen LogP contribution in [0.1, 0.15) is 18.7 Å². The first-order chi connectivity index (χ1) is 16.2. The molecule has 0 aliphatic carbocycles. The van der Waals surface area contributed by atoms with Gasteiger partial charge in [-0.05, 0) is 42.5 Å². The van der Waals surface area contributed by atoms with Gasteiger partial charge in [-0.3, -0.25) is 4.57 Å². The monoisotopic (exact) mass is 485 g/mol. The van der Waals surface area contributed by atoms with E-state index in [4.69, 9.17) is 18.7 Å². The van der Waals surface area contributed by atoms with Gasteiger partial charge < -0.3 is 18.7 Å². The average molecular weight is 486 g/mol. The molecule has 1 saturated heterocycles. The van der Waals surface area contributed by atoms with Gasteiger partial charge in [0.05, 0.1) is 37.5 Å². The van der Waals surface area contributed by atoms with Crippen molar-refractivity contribution in [1.29, 1.82) is 0 Å². The molecule has 9 nitrogen and oxygen atoms in total. The van der Waals surface area contributed by atoms with Gasteiger partial charge in [0.2, 0.25) is 11.7 Å². The molecular weight excluding hydrogens is 462 g/mol. The standard InChI is InChI=1S/C22H23N5O4S2/c1-28-16-8-7-14(11-17(16)29-2)20-23-19(31-26-20)13-33-22-25-24-21(18-6-4-10-32-18)27(22)12-15-5-3-9-30-15/h4,6-8,10-11,15H,3,5,9,12-13H2,1-2H3/t15-/m0/s1. The van der Waals surface area contributed by atoms with E-state index >= 15 is 0 Å². The van der Waals surface area contributed by atoms with E-state index in [1.54, 1.807) is 25.6 Å². The maximum absolute atomic E-state index is 5.86. The summed E-state index contributed by atoms with van der Waals surface area (Å²) < 4.78 is 24.1. The van der Waals surface area contributed by atoms with Crippen molar-refractivity contribution in [2.24, 2.45) is 0 Å². The molecule has 0 saturated carbocycles. The molecule has 1 aromatic carbocycles. The molecule has 172 valence electrons. The van der Waals surface area contributed by atoms with Gasteiger partial charge in [-0.1, -0.05) is 23.0 Å². The fraction of sp³-hybridized carbons (Fsp3) is 0.364. The quantitative estimate of drug-likeness (QED) is 0.316. The van der Waals surface area contributed by atoms with E-state index in [1.807, 2.05) is 29.6 Å². The smallest absolute Gasteiger partial charge is 0.237 e. The molecular formula is C22H23N5O4S2. The number of nitrogens with zero attached hydrogens (tertiary/aromatic N) is 5. The zero-order valence-electron chi connectivity index (χ0n) is 18.3. The maximum Gasteiger partial charge on any atom is 0.237 e. The molecule has 0 spiro atoms. The number of thiophene rings is 1. The summed E-state index contributed by atoms with van der Waals surface area (Å²) >= 11 is 3.17. The lowest BCUT2D eigenvalue weighted by atomic mass is 10.2. The summed E-state index contributed by atoms with van der Waals surface area (Å²) in [5.41, 5.74) is 0.786. The first kappa shape index (κ1) is 21.9. The molecule has 1 aliphatic heterocycles. The third-order valence-electron chi connectivity index (χ3n) is 5.30. The van der Waals surface area contributed by atoms with Crippen molar-refractivity contribution in [2.75, 3.05) is 20.8 Å². The van der Waals surface area contributed by atoms with Gasteiger partial charge in [-0.25, -0.2) is 0 Å². The summed E-state index contributed by atoms with van der Waals surface area (Å²) in [7, 11) is 3.19. The Bertz CT molecular complexity index is 1200. The van der Waals surface area contributed by atoms with Crippen LogP contribution in [0.2, 0.25) is 0 Å². The highest BCUT2D eigenvalue weighted by molar-refractivity contribution is 7.98.